The Morgan fingerprint density at radius 2 is 2.28 bits per heavy atom. The summed E-state index contributed by atoms with van der Waals surface area (Å²) < 4.78 is 5.26. The molecule has 2 aromatic heterocycles. The van der Waals surface area contributed by atoms with Crippen LogP contribution in [0.3, 0.4) is 0 Å². The number of nitrogens with zero attached hydrogens (tertiary/aromatic N) is 2. The topological polar surface area (TPSA) is 105 Å². The van der Waals surface area contributed by atoms with Crippen molar-refractivity contribution >= 4 is 5.97 Å². The molecule has 0 aliphatic carbocycles. The van der Waals surface area contributed by atoms with Crippen LogP contribution in [0.15, 0.2) is 29.2 Å². The number of aromatic carboxylic acids is 1. The van der Waals surface area contributed by atoms with Gasteiger partial charge >= 0.3 is 5.97 Å². The van der Waals surface area contributed by atoms with E-state index in [1.165, 1.54) is 18.3 Å². The van der Waals surface area contributed by atoms with Gasteiger partial charge in [-0.1, -0.05) is 0 Å². The Morgan fingerprint density at radius 1 is 1.50 bits per heavy atom. The van der Waals surface area contributed by atoms with E-state index in [1.54, 1.807) is 6.92 Å². The van der Waals surface area contributed by atoms with Crippen molar-refractivity contribution in [3.63, 3.8) is 0 Å². The number of hydrogen-bond donors (Lipinski definition) is 2. The fourth-order valence-corrected chi connectivity index (χ4v) is 1.35. The zero-order chi connectivity index (χ0) is 13.1. The highest BCUT2D eigenvalue weighted by Crippen LogP contribution is 2.21. The van der Waals surface area contributed by atoms with E-state index in [2.05, 4.69) is 15.0 Å². The molecule has 0 saturated carbocycles. The normalized spacial score (nSPS) is 10.1. The van der Waals surface area contributed by atoms with Crippen LogP contribution < -0.4 is 10.3 Å². The summed E-state index contributed by atoms with van der Waals surface area (Å²) in [6.07, 6.45) is 1.34. The average molecular weight is 247 g/mol. The first-order valence-corrected chi connectivity index (χ1v) is 5.00. The largest absolute Gasteiger partial charge is 0.476 e. The molecule has 0 amide bonds. The van der Waals surface area contributed by atoms with Gasteiger partial charge in [-0.2, -0.15) is 0 Å². The second-order valence-corrected chi connectivity index (χ2v) is 3.43. The fourth-order valence-electron chi connectivity index (χ4n) is 1.35. The van der Waals surface area contributed by atoms with E-state index in [4.69, 9.17) is 9.84 Å². The zero-order valence-corrected chi connectivity index (χ0v) is 9.38. The first-order chi connectivity index (χ1) is 8.56. The second kappa shape index (κ2) is 4.66. The van der Waals surface area contributed by atoms with Crippen molar-refractivity contribution in [2.45, 2.75) is 6.92 Å². The van der Waals surface area contributed by atoms with Gasteiger partial charge in [0.05, 0.1) is 6.07 Å². The summed E-state index contributed by atoms with van der Waals surface area (Å²) in [4.78, 5) is 32.2. The number of aryl methyl sites for hydroxylation is 1. The Morgan fingerprint density at radius 3 is 2.94 bits per heavy atom. The monoisotopic (exact) mass is 247 g/mol. The number of hydrogen-bond acceptors (Lipinski definition) is 5. The average Bonchev–Trinajstić information content (AvgIpc) is 2.27. The molecule has 0 aromatic carbocycles. The molecule has 0 aliphatic heterocycles. The highest BCUT2D eigenvalue weighted by molar-refractivity contribution is 5.88. The predicted octanol–water partition coefficient (Wildman–Crippen LogP) is 0.964. The number of rotatable bonds is 3. The third kappa shape index (κ3) is 2.51. The molecule has 2 heterocycles. The highest BCUT2D eigenvalue weighted by atomic mass is 16.5. The molecule has 7 nitrogen and oxygen atoms in total. The van der Waals surface area contributed by atoms with Crippen LogP contribution in [0.2, 0.25) is 0 Å². The van der Waals surface area contributed by atoms with Crippen molar-refractivity contribution in [1.82, 2.24) is 15.0 Å². The predicted molar refractivity (Wildman–Crippen MR) is 60.9 cm³/mol. The van der Waals surface area contributed by atoms with Gasteiger partial charge in [0.2, 0.25) is 5.88 Å². The van der Waals surface area contributed by atoms with Crippen molar-refractivity contribution in [1.29, 1.82) is 0 Å². The van der Waals surface area contributed by atoms with Crippen LogP contribution in [-0.4, -0.2) is 26.0 Å². The Kier molecular flexibility index (Phi) is 3.05. The van der Waals surface area contributed by atoms with Gasteiger partial charge in [0.15, 0.2) is 11.4 Å². The minimum atomic E-state index is -1.22. The van der Waals surface area contributed by atoms with Crippen LogP contribution in [0.25, 0.3) is 0 Å². The maximum absolute atomic E-state index is 11.2. The van der Waals surface area contributed by atoms with Crippen LogP contribution in [-0.2, 0) is 0 Å². The molecule has 0 spiro atoms. The standard InChI is InChI=1S/C11H9N3O4/c1-6-13-8(15)5-9(14-6)18-7-3-2-4-12-10(7)11(16)17/h2-5H,1H3,(H,16,17)(H,13,14,15). The van der Waals surface area contributed by atoms with E-state index >= 15 is 0 Å². The lowest BCUT2D eigenvalue weighted by atomic mass is 10.3. The zero-order valence-electron chi connectivity index (χ0n) is 9.38. The number of carbonyl (C=O) groups is 1. The van der Waals surface area contributed by atoms with Crippen molar-refractivity contribution < 1.29 is 14.6 Å². The van der Waals surface area contributed by atoms with Crippen LogP contribution in [0.4, 0.5) is 0 Å². The van der Waals surface area contributed by atoms with Crippen molar-refractivity contribution in [2.75, 3.05) is 0 Å². The molecule has 0 fully saturated rings. The molecule has 0 radical (unpaired) electrons. The van der Waals surface area contributed by atoms with Crippen molar-refractivity contribution in [2.24, 2.45) is 0 Å². The summed E-state index contributed by atoms with van der Waals surface area (Å²) >= 11 is 0. The maximum Gasteiger partial charge on any atom is 0.358 e. The van der Waals surface area contributed by atoms with E-state index in [9.17, 15) is 9.59 Å². The van der Waals surface area contributed by atoms with Gasteiger partial charge in [-0.3, -0.25) is 4.79 Å². The fraction of sp³-hybridized carbons (Fsp3) is 0.0909. The van der Waals surface area contributed by atoms with Gasteiger partial charge in [0, 0.05) is 6.20 Å². The van der Waals surface area contributed by atoms with E-state index in [1.807, 2.05) is 0 Å². The number of carboxylic acids is 1. The summed E-state index contributed by atoms with van der Waals surface area (Å²) in [6.45, 7) is 1.59. The molecule has 0 unspecified atom stereocenters. The molecule has 2 aromatic rings. The Balaban J connectivity index is 2.40. The van der Waals surface area contributed by atoms with Crippen LogP contribution in [0.1, 0.15) is 16.3 Å². The third-order valence-electron chi connectivity index (χ3n) is 2.02. The minimum Gasteiger partial charge on any atom is -0.476 e. The second-order valence-electron chi connectivity index (χ2n) is 3.43. The van der Waals surface area contributed by atoms with Gasteiger partial charge in [0.1, 0.15) is 5.82 Å². The number of aromatic nitrogens is 3. The van der Waals surface area contributed by atoms with E-state index in [0.29, 0.717) is 5.82 Å². The number of nitrogens with one attached hydrogen (secondary N) is 1. The third-order valence-corrected chi connectivity index (χ3v) is 2.02. The van der Waals surface area contributed by atoms with Gasteiger partial charge in [0.25, 0.3) is 5.56 Å². The van der Waals surface area contributed by atoms with E-state index in [0.717, 1.165) is 6.07 Å². The Labute approximate surface area is 101 Å². The summed E-state index contributed by atoms with van der Waals surface area (Å²) in [5, 5.41) is 8.92. The van der Waals surface area contributed by atoms with E-state index < -0.39 is 5.97 Å². The molecule has 2 N–H and O–H groups in total. The Bertz CT molecular complexity index is 651. The molecule has 7 heteroatoms. The van der Waals surface area contributed by atoms with Gasteiger partial charge in [-0.15, -0.1) is 0 Å². The number of ether oxygens (including phenoxy) is 1. The van der Waals surface area contributed by atoms with Crippen LogP contribution in [0.5, 0.6) is 11.6 Å². The summed E-state index contributed by atoms with van der Waals surface area (Å²) in [5.41, 5.74) is -0.615. The quantitative estimate of drug-likeness (QED) is 0.836. The Hall–Kier alpha value is -2.70. The number of carboxylic acid groups (broad SMARTS) is 1. The molecule has 18 heavy (non-hydrogen) atoms. The molecule has 0 aliphatic rings. The van der Waals surface area contributed by atoms with Crippen LogP contribution >= 0.6 is 0 Å². The van der Waals surface area contributed by atoms with Crippen molar-refractivity contribution in [3.8, 4) is 11.6 Å². The molecule has 92 valence electrons. The van der Waals surface area contributed by atoms with Crippen LogP contribution in [0, 0.1) is 6.92 Å². The highest BCUT2D eigenvalue weighted by Gasteiger charge is 2.13. The lowest BCUT2D eigenvalue weighted by molar-refractivity contribution is 0.0687. The van der Waals surface area contributed by atoms with Gasteiger partial charge < -0.3 is 14.8 Å². The van der Waals surface area contributed by atoms with Gasteiger partial charge in [-0.05, 0) is 19.1 Å². The number of H-pyrrole nitrogens is 1. The van der Waals surface area contributed by atoms with Gasteiger partial charge in [-0.25, -0.2) is 14.8 Å². The summed E-state index contributed by atoms with van der Waals surface area (Å²) in [5.74, 6) is -0.792. The summed E-state index contributed by atoms with van der Waals surface area (Å²) in [6, 6.07) is 4.10. The molecule has 0 saturated heterocycles. The maximum atomic E-state index is 11.2. The molecular weight excluding hydrogens is 238 g/mol. The SMILES string of the molecule is Cc1nc(Oc2cccnc2C(=O)O)cc(=O)[nH]1. The summed E-state index contributed by atoms with van der Waals surface area (Å²) in [7, 11) is 0. The molecule has 0 bridgehead atoms. The minimum absolute atomic E-state index is 0.0201. The molecular formula is C11H9N3O4. The first-order valence-electron chi connectivity index (χ1n) is 5.00. The molecule has 0 atom stereocenters. The smallest absolute Gasteiger partial charge is 0.358 e. The number of pyridine rings is 1. The lowest BCUT2D eigenvalue weighted by Gasteiger charge is -2.06. The lowest BCUT2D eigenvalue weighted by Crippen LogP contribution is -2.09. The molecule has 2 rings (SSSR count). The first kappa shape index (κ1) is 11.8. The van der Waals surface area contributed by atoms with Crippen molar-refractivity contribution in [3.05, 3.63) is 46.3 Å². The van der Waals surface area contributed by atoms with E-state index in [-0.39, 0.29) is 22.9 Å². The number of aromatic amines is 1.